The van der Waals surface area contributed by atoms with Gasteiger partial charge in [0, 0.05) is 63.8 Å². The average Bonchev–Trinajstić information content (AvgIpc) is 2.85. The molecule has 0 saturated carbocycles. The van der Waals surface area contributed by atoms with Crippen molar-refractivity contribution in [3.05, 3.63) is 0 Å². The van der Waals surface area contributed by atoms with Gasteiger partial charge in [-0.1, -0.05) is 27.7 Å². The molecule has 11 heteroatoms. The van der Waals surface area contributed by atoms with E-state index in [0.717, 1.165) is 6.54 Å². The van der Waals surface area contributed by atoms with Gasteiger partial charge in [0.05, 0.1) is 19.8 Å². The highest BCUT2D eigenvalue weighted by Crippen LogP contribution is 2.05. The number of hydrogen-bond acceptors (Lipinski definition) is 8. The summed E-state index contributed by atoms with van der Waals surface area (Å²) in [5, 5.41) is 8.59. The number of nitrogens with two attached hydrogens (primary N) is 1. The Morgan fingerprint density at radius 2 is 1.37 bits per heavy atom. The molecule has 5 N–H and O–H groups in total. The van der Waals surface area contributed by atoms with Crippen LogP contribution in [0.4, 0.5) is 0 Å². The van der Waals surface area contributed by atoms with E-state index in [0.29, 0.717) is 71.1 Å². The fourth-order valence-electron chi connectivity index (χ4n) is 3.36. The summed E-state index contributed by atoms with van der Waals surface area (Å²) in [6.07, 6.45) is 2.88. The van der Waals surface area contributed by atoms with Crippen LogP contribution in [0.5, 0.6) is 0 Å². The Balaban J connectivity index is 3.88. The van der Waals surface area contributed by atoms with Crippen molar-refractivity contribution in [2.45, 2.75) is 97.6 Å². The van der Waals surface area contributed by atoms with E-state index in [-0.39, 0.29) is 49.1 Å². The van der Waals surface area contributed by atoms with Crippen molar-refractivity contribution in [3.8, 4) is 0 Å². The first kappa shape index (κ1) is 35.6. The van der Waals surface area contributed by atoms with E-state index in [1.54, 1.807) is 13.8 Å². The lowest BCUT2D eigenvalue weighted by Gasteiger charge is -2.15. The summed E-state index contributed by atoms with van der Waals surface area (Å²) < 4.78 is 10.9. The van der Waals surface area contributed by atoms with Crippen LogP contribution in [0.25, 0.3) is 0 Å². The molecule has 0 radical (unpaired) electrons. The van der Waals surface area contributed by atoms with E-state index >= 15 is 0 Å². The molecule has 0 aliphatic carbocycles. The molecule has 0 aliphatic heterocycles. The van der Waals surface area contributed by atoms with Crippen molar-refractivity contribution < 1.29 is 33.4 Å². The monoisotopic (exact) mass is 542 g/mol. The van der Waals surface area contributed by atoms with Gasteiger partial charge in [0.2, 0.25) is 17.7 Å². The highest BCUT2D eigenvalue weighted by molar-refractivity contribution is 5.89. The SMILES string of the molecule is CC(C)NCCOCCOCCCC(=O)CCC(=O)N[C@@H](CCCCNC(=O)CCC(=O)C(C)C)C(N)=O. The van der Waals surface area contributed by atoms with Crippen LogP contribution in [0, 0.1) is 5.92 Å². The Morgan fingerprint density at radius 1 is 0.711 bits per heavy atom. The fraction of sp³-hybridized carbons (Fsp3) is 0.815. The zero-order valence-corrected chi connectivity index (χ0v) is 23.8. The number of Topliss-reactive ketones (excluding diaryl/α,β-unsaturated/α-hetero) is 2. The maximum absolute atomic E-state index is 12.2. The third-order valence-corrected chi connectivity index (χ3v) is 5.71. The molecule has 220 valence electrons. The molecule has 1 atom stereocenters. The highest BCUT2D eigenvalue weighted by atomic mass is 16.5. The van der Waals surface area contributed by atoms with Gasteiger partial charge in [-0.05, 0) is 25.7 Å². The molecule has 0 saturated heterocycles. The van der Waals surface area contributed by atoms with Gasteiger partial charge in [0.15, 0.2) is 0 Å². The van der Waals surface area contributed by atoms with Gasteiger partial charge >= 0.3 is 0 Å². The summed E-state index contributed by atoms with van der Waals surface area (Å²) in [7, 11) is 0. The van der Waals surface area contributed by atoms with Crippen LogP contribution in [0.2, 0.25) is 0 Å². The summed E-state index contributed by atoms with van der Waals surface area (Å²) in [5.41, 5.74) is 5.40. The lowest BCUT2D eigenvalue weighted by Crippen LogP contribution is -2.44. The second-order valence-electron chi connectivity index (χ2n) is 9.97. The second-order valence-corrected chi connectivity index (χ2v) is 9.97. The lowest BCUT2D eigenvalue weighted by atomic mass is 10.0. The largest absolute Gasteiger partial charge is 0.379 e. The predicted octanol–water partition coefficient (Wildman–Crippen LogP) is 1.41. The molecule has 0 heterocycles. The van der Waals surface area contributed by atoms with Gasteiger partial charge < -0.3 is 31.2 Å². The second kappa shape index (κ2) is 22.6. The molecule has 11 nitrogen and oxygen atoms in total. The van der Waals surface area contributed by atoms with Gasteiger partial charge in [0.1, 0.15) is 17.6 Å². The zero-order chi connectivity index (χ0) is 28.8. The average molecular weight is 543 g/mol. The van der Waals surface area contributed by atoms with Crippen molar-refractivity contribution in [1.82, 2.24) is 16.0 Å². The normalized spacial score (nSPS) is 11.9. The summed E-state index contributed by atoms with van der Waals surface area (Å²) in [5.74, 6) is -1.29. The standard InChI is InChI=1S/C27H50N4O7/c1-20(2)24(33)11-13-25(34)30-14-6-5-9-23(27(28)36)31-26(35)12-10-22(32)8-7-16-37-18-19-38-17-15-29-21(3)4/h20-21,23,29H,5-19H2,1-4H3,(H2,28,36)(H,30,34)(H,31,35)/t23-/m0/s1. The van der Waals surface area contributed by atoms with Gasteiger partial charge in [0.25, 0.3) is 0 Å². The van der Waals surface area contributed by atoms with Crippen LogP contribution in [0.1, 0.15) is 85.5 Å². The summed E-state index contributed by atoms with van der Waals surface area (Å²) in [6, 6.07) is -0.395. The maximum Gasteiger partial charge on any atom is 0.239 e. The Kier molecular flexibility index (Phi) is 21.2. The van der Waals surface area contributed by atoms with E-state index in [1.165, 1.54) is 0 Å². The van der Waals surface area contributed by atoms with Crippen LogP contribution in [0.3, 0.4) is 0 Å². The van der Waals surface area contributed by atoms with Crippen LogP contribution < -0.4 is 21.7 Å². The molecule has 0 aliphatic rings. The Labute approximate surface area is 227 Å². The molecular formula is C27H50N4O7. The minimum atomic E-state index is -0.825. The lowest BCUT2D eigenvalue weighted by molar-refractivity contribution is -0.129. The minimum Gasteiger partial charge on any atom is -0.379 e. The number of unbranched alkanes of at least 4 members (excludes halogenated alkanes) is 1. The number of ether oxygens (including phenoxy) is 2. The number of amides is 3. The molecule has 0 aromatic rings. The van der Waals surface area contributed by atoms with Gasteiger partial charge in [-0.25, -0.2) is 0 Å². The van der Waals surface area contributed by atoms with Crippen LogP contribution in [-0.2, 0) is 33.4 Å². The number of carbonyl (C=O) groups excluding carboxylic acids is 5. The van der Waals surface area contributed by atoms with E-state index in [9.17, 15) is 24.0 Å². The number of primary amides is 1. The Morgan fingerprint density at radius 3 is 2.00 bits per heavy atom. The molecule has 0 bridgehead atoms. The molecular weight excluding hydrogens is 492 g/mol. The van der Waals surface area contributed by atoms with Crippen molar-refractivity contribution >= 4 is 29.3 Å². The van der Waals surface area contributed by atoms with Crippen LogP contribution in [0.15, 0.2) is 0 Å². The van der Waals surface area contributed by atoms with Crippen LogP contribution in [-0.4, -0.2) is 80.9 Å². The number of carbonyl (C=O) groups is 5. The molecule has 0 fully saturated rings. The van der Waals surface area contributed by atoms with Crippen molar-refractivity contribution in [1.29, 1.82) is 0 Å². The smallest absolute Gasteiger partial charge is 0.239 e. The topological polar surface area (TPSA) is 166 Å². The molecule has 3 amide bonds. The molecule has 0 aromatic carbocycles. The maximum atomic E-state index is 12.2. The first-order chi connectivity index (χ1) is 18.0. The molecule has 38 heavy (non-hydrogen) atoms. The summed E-state index contributed by atoms with van der Waals surface area (Å²) in [6.45, 7) is 11.0. The van der Waals surface area contributed by atoms with Crippen LogP contribution >= 0.6 is 0 Å². The van der Waals surface area contributed by atoms with Gasteiger partial charge in [-0.2, -0.15) is 0 Å². The van der Waals surface area contributed by atoms with E-state index in [1.807, 2.05) is 0 Å². The highest BCUT2D eigenvalue weighted by Gasteiger charge is 2.18. The van der Waals surface area contributed by atoms with E-state index in [4.69, 9.17) is 15.2 Å². The summed E-state index contributed by atoms with van der Waals surface area (Å²) in [4.78, 5) is 59.3. The molecule has 0 rings (SSSR count). The molecule has 0 aromatic heterocycles. The first-order valence-electron chi connectivity index (χ1n) is 13.8. The quantitative estimate of drug-likeness (QED) is 0.126. The molecule has 0 spiro atoms. The summed E-state index contributed by atoms with van der Waals surface area (Å²) >= 11 is 0. The van der Waals surface area contributed by atoms with Gasteiger partial charge in [-0.15, -0.1) is 0 Å². The Bertz CT molecular complexity index is 714. The minimum absolute atomic E-state index is 0.00707. The fourth-order valence-corrected chi connectivity index (χ4v) is 3.36. The number of nitrogens with one attached hydrogen (secondary N) is 3. The number of hydrogen-bond donors (Lipinski definition) is 4. The number of rotatable bonds is 25. The molecule has 0 unspecified atom stereocenters. The predicted molar refractivity (Wildman–Crippen MR) is 145 cm³/mol. The van der Waals surface area contributed by atoms with Crippen molar-refractivity contribution in [3.63, 3.8) is 0 Å². The Hall–Kier alpha value is -2.37. The third kappa shape index (κ3) is 21.7. The number of ketones is 2. The van der Waals surface area contributed by atoms with Crippen molar-refractivity contribution in [2.75, 3.05) is 39.5 Å². The van der Waals surface area contributed by atoms with E-state index < -0.39 is 17.9 Å². The van der Waals surface area contributed by atoms with Crippen molar-refractivity contribution in [2.24, 2.45) is 11.7 Å². The van der Waals surface area contributed by atoms with E-state index in [2.05, 4.69) is 29.8 Å². The first-order valence-corrected chi connectivity index (χ1v) is 13.8. The zero-order valence-electron chi connectivity index (χ0n) is 23.8. The van der Waals surface area contributed by atoms with Gasteiger partial charge in [-0.3, -0.25) is 24.0 Å². The third-order valence-electron chi connectivity index (χ3n) is 5.71.